The quantitative estimate of drug-likeness (QED) is 0.811. The molecule has 1 amide bonds. The van der Waals surface area contributed by atoms with Gasteiger partial charge in [0.2, 0.25) is 0 Å². The van der Waals surface area contributed by atoms with Gasteiger partial charge in [0.05, 0.1) is 0 Å². The second-order valence-corrected chi connectivity index (χ2v) is 7.47. The van der Waals surface area contributed by atoms with Crippen molar-refractivity contribution >= 4 is 17.5 Å². The van der Waals surface area contributed by atoms with Crippen molar-refractivity contribution in [1.29, 1.82) is 0 Å². The Balaban J connectivity index is 1.45. The Labute approximate surface area is 142 Å². The van der Waals surface area contributed by atoms with Gasteiger partial charge in [-0.25, -0.2) is 4.79 Å². The number of nitrogens with zero attached hydrogens (tertiary/aromatic N) is 3. The molecule has 0 aliphatic carbocycles. The molecule has 3 atom stereocenters. The lowest BCUT2D eigenvalue weighted by atomic mass is 9.99. The summed E-state index contributed by atoms with van der Waals surface area (Å²) in [6, 6.07) is 9.08. The first-order valence-electron chi connectivity index (χ1n) is 8.94. The van der Waals surface area contributed by atoms with Gasteiger partial charge in [-0.1, -0.05) is 0 Å². The third kappa shape index (κ3) is 2.90. The molecule has 3 aliphatic rings. The predicted molar refractivity (Wildman–Crippen MR) is 94.3 cm³/mol. The lowest BCUT2D eigenvalue weighted by molar-refractivity contribution is 0.0817. The van der Waals surface area contributed by atoms with Gasteiger partial charge >= 0.3 is 6.09 Å². The van der Waals surface area contributed by atoms with E-state index in [0.29, 0.717) is 31.1 Å². The summed E-state index contributed by atoms with van der Waals surface area (Å²) < 4.78 is 0. The molecule has 4 rings (SSSR count). The normalized spacial score (nSPS) is 30.6. The molecule has 3 N–H and O–H groups in total. The Bertz CT molecular complexity index is 606. The summed E-state index contributed by atoms with van der Waals surface area (Å²) in [5.41, 5.74) is 7.85. The van der Waals surface area contributed by atoms with E-state index in [0.717, 1.165) is 38.2 Å². The summed E-state index contributed by atoms with van der Waals surface area (Å²) in [6.45, 7) is 4.58. The molecule has 3 aliphatic heterocycles. The topological polar surface area (TPSA) is 73.0 Å². The Morgan fingerprint density at radius 1 is 1.08 bits per heavy atom. The maximum absolute atomic E-state index is 11.3. The van der Waals surface area contributed by atoms with Gasteiger partial charge in [-0.15, -0.1) is 0 Å². The minimum absolute atomic E-state index is 0.385. The molecule has 1 aromatic rings. The number of benzene rings is 1. The van der Waals surface area contributed by atoms with Crippen molar-refractivity contribution in [3.05, 3.63) is 24.3 Å². The summed E-state index contributed by atoms with van der Waals surface area (Å²) in [5.74, 6) is 0.682. The smallest absolute Gasteiger partial charge is 0.407 e. The SMILES string of the molecule is Nc1ccc(N2CC3CC(C2)N(C2CCCN(C(=O)O)C2)C3)cc1. The highest BCUT2D eigenvalue weighted by molar-refractivity contribution is 5.65. The molecular weight excluding hydrogens is 304 g/mol. The molecule has 130 valence electrons. The van der Waals surface area contributed by atoms with E-state index in [1.54, 1.807) is 4.90 Å². The molecular formula is C18H26N4O2. The molecule has 6 nitrogen and oxygen atoms in total. The number of fused-ring (bicyclic) bond motifs is 2. The summed E-state index contributed by atoms with van der Waals surface area (Å²) >= 11 is 0. The number of likely N-dealkylation sites (tertiary alicyclic amines) is 2. The highest BCUT2D eigenvalue weighted by atomic mass is 16.4. The lowest BCUT2D eigenvalue weighted by Crippen LogP contribution is -2.52. The fourth-order valence-corrected chi connectivity index (χ4v) is 4.74. The zero-order valence-electron chi connectivity index (χ0n) is 14.0. The van der Waals surface area contributed by atoms with Crippen LogP contribution in [0, 0.1) is 5.92 Å². The van der Waals surface area contributed by atoms with Crippen LogP contribution in [-0.2, 0) is 0 Å². The van der Waals surface area contributed by atoms with E-state index >= 15 is 0 Å². The van der Waals surface area contributed by atoms with Crippen molar-refractivity contribution < 1.29 is 9.90 Å². The van der Waals surface area contributed by atoms with Crippen molar-refractivity contribution in [2.75, 3.05) is 43.4 Å². The van der Waals surface area contributed by atoms with Crippen molar-refractivity contribution in [3.63, 3.8) is 0 Å². The molecule has 2 bridgehead atoms. The Kier molecular flexibility index (Phi) is 4.00. The number of piperidine rings is 2. The van der Waals surface area contributed by atoms with Crippen LogP contribution in [0.1, 0.15) is 19.3 Å². The van der Waals surface area contributed by atoms with Crippen LogP contribution in [-0.4, -0.2) is 65.8 Å². The van der Waals surface area contributed by atoms with E-state index in [4.69, 9.17) is 5.73 Å². The fraction of sp³-hybridized carbons (Fsp3) is 0.611. The number of rotatable bonds is 2. The fourth-order valence-electron chi connectivity index (χ4n) is 4.74. The maximum Gasteiger partial charge on any atom is 0.407 e. The van der Waals surface area contributed by atoms with Crippen LogP contribution in [0.5, 0.6) is 0 Å². The van der Waals surface area contributed by atoms with E-state index in [9.17, 15) is 9.90 Å². The standard InChI is InChI=1S/C18H26N4O2/c19-14-3-5-15(6-4-14)21-9-13-8-17(12-21)22(10-13)16-2-1-7-20(11-16)18(23)24/h3-6,13,16-17H,1-2,7-12,19H2,(H,23,24). The van der Waals surface area contributed by atoms with Gasteiger partial charge in [0.25, 0.3) is 0 Å². The Hall–Kier alpha value is -1.95. The number of nitrogen functional groups attached to an aromatic ring is 1. The lowest BCUT2D eigenvalue weighted by Gasteiger charge is -2.40. The summed E-state index contributed by atoms with van der Waals surface area (Å²) in [5, 5.41) is 9.29. The number of hydrogen-bond acceptors (Lipinski definition) is 4. The Morgan fingerprint density at radius 3 is 2.62 bits per heavy atom. The van der Waals surface area contributed by atoms with Crippen molar-refractivity contribution in [2.45, 2.75) is 31.3 Å². The van der Waals surface area contributed by atoms with E-state index in [1.807, 2.05) is 12.1 Å². The second-order valence-electron chi connectivity index (χ2n) is 7.47. The zero-order valence-corrected chi connectivity index (χ0v) is 14.0. The molecule has 3 saturated heterocycles. The molecule has 3 fully saturated rings. The molecule has 0 saturated carbocycles. The van der Waals surface area contributed by atoms with Crippen LogP contribution in [0.25, 0.3) is 0 Å². The monoisotopic (exact) mass is 330 g/mol. The summed E-state index contributed by atoms with van der Waals surface area (Å²) in [7, 11) is 0. The van der Waals surface area contributed by atoms with E-state index in [1.165, 1.54) is 12.1 Å². The van der Waals surface area contributed by atoms with Gasteiger partial charge in [-0.2, -0.15) is 0 Å². The molecule has 0 radical (unpaired) electrons. The van der Waals surface area contributed by atoms with Crippen LogP contribution in [0.15, 0.2) is 24.3 Å². The largest absolute Gasteiger partial charge is 0.465 e. The summed E-state index contributed by atoms with van der Waals surface area (Å²) in [6.07, 6.45) is 2.57. The number of nitrogens with two attached hydrogens (primary N) is 1. The van der Waals surface area contributed by atoms with E-state index < -0.39 is 6.09 Å². The molecule has 0 spiro atoms. The van der Waals surface area contributed by atoms with Crippen molar-refractivity contribution in [3.8, 4) is 0 Å². The molecule has 3 unspecified atom stereocenters. The minimum Gasteiger partial charge on any atom is -0.465 e. The first-order chi connectivity index (χ1) is 11.6. The first-order valence-corrected chi connectivity index (χ1v) is 8.94. The third-order valence-corrected chi connectivity index (χ3v) is 5.85. The number of carbonyl (C=O) groups is 1. The second kappa shape index (κ2) is 6.16. The van der Waals surface area contributed by atoms with Gasteiger partial charge in [0.15, 0.2) is 0 Å². The van der Waals surface area contributed by atoms with Gasteiger partial charge in [-0.3, -0.25) is 4.90 Å². The highest BCUT2D eigenvalue weighted by Crippen LogP contribution is 2.35. The predicted octanol–water partition coefficient (Wildman–Crippen LogP) is 1.92. The van der Waals surface area contributed by atoms with Gasteiger partial charge in [-0.05, 0) is 49.4 Å². The van der Waals surface area contributed by atoms with Crippen LogP contribution >= 0.6 is 0 Å². The van der Waals surface area contributed by atoms with Gasteiger partial charge in [0, 0.05) is 56.2 Å². The van der Waals surface area contributed by atoms with E-state index in [-0.39, 0.29) is 0 Å². The van der Waals surface area contributed by atoms with Crippen LogP contribution in [0.4, 0.5) is 16.2 Å². The zero-order chi connectivity index (χ0) is 16.7. The van der Waals surface area contributed by atoms with Gasteiger partial charge in [0.1, 0.15) is 0 Å². The summed E-state index contributed by atoms with van der Waals surface area (Å²) in [4.78, 5) is 18.0. The molecule has 6 heteroatoms. The first kappa shape index (κ1) is 15.6. The minimum atomic E-state index is -0.773. The van der Waals surface area contributed by atoms with Crippen molar-refractivity contribution in [1.82, 2.24) is 9.80 Å². The third-order valence-electron chi connectivity index (χ3n) is 5.85. The van der Waals surface area contributed by atoms with Crippen molar-refractivity contribution in [2.24, 2.45) is 5.92 Å². The number of amides is 1. The molecule has 24 heavy (non-hydrogen) atoms. The van der Waals surface area contributed by atoms with Gasteiger partial charge < -0.3 is 20.6 Å². The maximum atomic E-state index is 11.3. The average Bonchev–Trinajstić information content (AvgIpc) is 2.89. The number of carboxylic acid groups (broad SMARTS) is 1. The molecule has 3 heterocycles. The number of hydrogen-bond donors (Lipinski definition) is 2. The number of anilines is 2. The highest BCUT2D eigenvalue weighted by Gasteiger charge is 2.42. The van der Waals surface area contributed by atoms with E-state index in [2.05, 4.69) is 21.9 Å². The molecule has 1 aromatic carbocycles. The van der Waals surface area contributed by atoms with Crippen LogP contribution < -0.4 is 10.6 Å². The van der Waals surface area contributed by atoms with Crippen LogP contribution in [0.2, 0.25) is 0 Å². The molecule has 0 aromatic heterocycles. The van der Waals surface area contributed by atoms with Crippen LogP contribution in [0.3, 0.4) is 0 Å². The average molecular weight is 330 g/mol. The Morgan fingerprint density at radius 2 is 1.88 bits per heavy atom.